The first-order valence-electron chi connectivity index (χ1n) is 6.10. The van der Waals surface area contributed by atoms with Crippen molar-refractivity contribution in [2.75, 3.05) is 5.32 Å². The number of halogens is 1. The summed E-state index contributed by atoms with van der Waals surface area (Å²) in [7, 11) is 0. The zero-order valence-electron chi connectivity index (χ0n) is 10.9. The number of benzene rings is 1. The predicted molar refractivity (Wildman–Crippen MR) is 84.4 cm³/mol. The van der Waals surface area contributed by atoms with Gasteiger partial charge in [0.1, 0.15) is 4.83 Å². The summed E-state index contributed by atoms with van der Waals surface area (Å²) in [6, 6.07) is 6.82. The summed E-state index contributed by atoms with van der Waals surface area (Å²) in [6.07, 6.45) is 1.33. The summed E-state index contributed by atoms with van der Waals surface area (Å²) in [5.74, 6) is -0.266. The molecule has 3 aromatic rings. The molecule has 0 aliphatic carbocycles. The summed E-state index contributed by atoms with van der Waals surface area (Å²) in [5.41, 5.74) is 1.04. The predicted octanol–water partition coefficient (Wildman–Crippen LogP) is 3.20. The minimum Gasteiger partial charge on any atom is -0.321 e. The number of nitrogens with one attached hydrogen (secondary N) is 2. The van der Waals surface area contributed by atoms with Crippen molar-refractivity contribution >= 4 is 44.7 Å². The first-order chi connectivity index (χ1) is 10.1. The van der Waals surface area contributed by atoms with Crippen LogP contribution >= 0.6 is 22.9 Å². The molecule has 2 aromatic heterocycles. The van der Waals surface area contributed by atoms with Crippen LogP contribution in [-0.2, 0) is 0 Å². The second-order valence-corrected chi connectivity index (χ2v) is 5.86. The molecule has 0 radical (unpaired) electrons. The number of hydrogen-bond donors (Lipinski definition) is 2. The minimum absolute atomic E-state index is 0.237. The number of amides is 1. The highest BCUT2D eigenvalue weighted by molar-refractivity contribution is 7.20. The van der Waals surface area contributed by atoms with Crippen LogP contribution in [0, 0.1) is 6.92 Å². The molecular weight excluding hydrogens is 310 g/mol. The Morgan fingerprint density at radius 2 is 2.05 bits per heavy atom. The van der Waals surface area contributed by atoms with E-state index in [-0.39, 0.29) is 11.5 Å². The standard InChI is InChI=1S/C14H10ClN3O2S/c1-7-10-12(19)16-6-17-14(10)21-11(7)13(20)18-9-4-2-8(15)3-5-9/h2-6H,1H3,(H,18,20)(H,16,17,19). The fourth-order valence-electron chi connectivity index (χ4n) is 2.02. The lowest BCUT2D eigenvalue weighted by Crippen LogP contribution is -2.12. The number of anilines is 1. The molecule has 1 aromatic carbocycles. The fourth-order valence-corrected chi connectivity index (χ4v) is 3.19. The van der Waals surface area contributed by atoms with Crippen molar-refractivity contribution in [1.82, 2.24) is 9.97 Å². The van der Waals surface area contributed by atoms with Crippen LogP contribution in [0.15, 0.2) is 35.4 Å². The summed E-state index contributed by atoms with van der Waals surface area (Å²) in [6.45, 7) is 1.74. The number of hydrogen-bond acceptors (Lipinski definition) is 4. The van der Waals surface area contributed by atoms with Gasteiger partial charge >= 0.3 is 0 Å². The van der Waals surface area contributed by atoms with E-state index in [1.54, 1.807) is 31.2 Å². The molecule has 0 aliphatic rings. The van der Waals surface area contributed by atoms with Gasteiger partial charge in [-0.1, -0.05) is 11.6 Å². The molecule has 0 saturated heterocycles. The number of carbonyl (C=O) groups excluding carboxylic acids is 1. The van der Waals surface area contributed by atoms with Crippen molar-refractivity contribution in [3.05, 3.63) is 56.4 Å². The number of H-pyrrole nitrogens is 1. The summed E-state index contributed by atoms with van der Waals surface area (Å²) in [5, 5.41) is 3.84. The van der Waals surface area contributed by atoms with E-state index < -0.39 is 0 Å². The molecule has 0 spiro atoms. The molecule has 7 heteroatoms. The largest absolute Gasteiger partial charge is 0.321 e. The van der Waals surface area contributed by atoms with Crippen LogP contribution < -0.4 is 10.9 Å². The third-order valence-corrected chi connectivity index (χ3v) is 4.49. The highest BCUT2D eigenvalue weighted by Crippen LogP contribution is 2.27. The van der Waals surface area contributed by atoms with Crippen LogP contribution in [0.4, 0.5) is 5.69 Å². The molecule has 0 unspecified atom stereocenters. The van der Waals surface area contributed by atoms with Crippen molar-refractivity contribution in [3.63, 3.8) is 0 Å². The summed E-state index contributed by atoms with van der Waals surface area (Å²) < 4.78 is 0. The molecule has 2 N–H and O–H groups in total. The number of aromatic nitrogens is 2. The van der Waals surface area contributed by atoms with E-state index in [4.69, 9.17) is 11.6 Å². The van der Waals surface area contributed by atoms with E-state index in [0.717, 1.165) is 0 Å². The Morgan fingerprint density at radius 3 is 2.71 bits per heavy atom. The smallest absolute Gasteiger partial charge is 0.266 e. The second kappa shape index (κ2) is 5.31. The van der Waals surface area contributed by atoms with Crippen LogP contribution in [0.1, 0.15) is 15.2 Å². The number of carbonyl (C=O) groups is 1. The third-order valence-electron chi connectivity index (χ3n) is 3.04. The van der Waals surface area contributed by atoms with Gasteiger partial charge in [0.05, 0.1) is 16.6 Å². The molecule has 5 nitrogen and oxygen atoms in total. The van der Waals surface area contributed by atoms with Gasteiger partial charge in [-0.2, -0.15) is 0 Å². The lowest BCUT2D eigenvalue weighted by Gasteiger charge is -2.04. The van der Waals surface area contributed by atoms with Crippen LogP contribution in [0.2, 0.25) is 5.02 Å². The van der Waals surface area contributed by atoms with Crippen molar-refractivity contribution in [1.29, 1.82) is 0 Å². The van der Waals surface area contributed by atoms with Gasteiger partial charge in [0.2, 0.25) is 0 Å². The first-order valence-corrected chi connectivity index (χ1v) is 7.29. The molecule has 0 saturated carbocycles. The zero-order chi connectivity index (χ0) is 15.0. The highest BCUT2D eigenvalue weighted by atomic mass is 35.5. The number of nitrogens with zero attached hydrogens (tertiary/aromatic N) is 1. The Morgan fingerprint density at radius 1 is 1.33 bits per heavy atom. The topological polar surface area (TPSA) is 74.8 Å². The van der Waals surface area contributed by atoms with E-state index in [9.17, 15) is 9.59 Å². The maximum Gasteiger partial charge on any atom is 0.266 e. The zero-order valence-corrected chi connectivity index (χ0v) is 12.5. The Balaban J connectivity index is 1.98. The normalized spacial score (nSPS) is 10.8. The van der Waals surface area contributed by atoms with Gasteiger partial charge in [-0.15, -0.1) is 11.3 Å². The van der Waals surface area contributed by atoms with E-state index in [2.05, 4.69) is 15.3 Å². The van der Waals surface area contributed by atoms with E-state index >= 15 is 0 Å². The summed E-state index contributed by atoms with van der Waals surface area (Å²) in [4.78, 5) is 31.8. The molecule has 3 rings (SSSR count). The van der Waals surface area contributed by atoms with Gasteiger partial charge < -0.3 is 10.3 Å². The van der Waals surface area contributed by atoms with E-state index in [1.165, 1.54) is 17.7 Å². The van der Waals surface area contributed by atoms with Crippen LogP contribution in [0.3, 0.4) is 0 Å². The SMILES string of the molecule is Cc1c(C(=O)Nc2ccc(Cl)cc2)sc2nc[nH]c(=O)c12. The Bertz CT molecular complexity index is 883. The van der Waals surface area contributed by atoms with Crippen LogP contribution in [-0.4, -0.2) is 15.9 Å². The summed E-state index contributed by atoms with van der Waals surface area (Å²) >= 11 is 7.00. The maximum atomic E-state index is 12.3. The van der Waals surface area contributed by atoms with Gasteiger partial charge in [-0.3, -0.25) is 9.59 Å². The number of thiophene rings is 1. The molecule has 0 atom stereocenters. The molecule has 2 heterocycles. The molecule has 1 amide bonds. The van der Waals surface area contributed by atoms with Crippen molar-refractivity contribution in [2.45, 2.75) is 6.92 Å². The third kappa shape index (κ3) is 2.55. The molecular formula is C14H10ClN3O2S. The fraction of sp³-hybridized carbons (Fsp3) is 0.0714. The quantitative estimate of drug-likeness (QED) is 0.761. The number of aromatic amines is 1. The average Bonchev–Trinajstić information content (AvgIpc) is 2.80. The molecule has 106 valence electrons. The first kappa shape index (κ1) is 13.8. The van der Waals surface area contributed by atoms with Gasteiger partial charge in [0.25, 0.3) is 11.5 Å². The Kier molecular flexibility index (Phi) is 3.48. The van der Waals surface area contributed by atoms with Gasteiger partial charge in [0, 0.05) is 10.7 Å². The van der Waals surface area contributed by atoms with Crippen molar-refractivity contribution in [3.8, 4) is 0 Å². The van der Waals surface area contributed by atoms with Gasteiger partial charge in [-0.25, -0.2) is 4.98 Å². The monoisotopic (exact) mass is 319 g/mol. The van der Waals surface area contributed by atoms with E-state index in [1.807, 2.05) is 0 Å². The second-order valence-electron chi connectivity index (χ2n) is 4.43. The molecule has 21 heavy (non-hydrogen) atoms. The van der Waals surface area contributed by atoms with Crippen molar-refractivity contribution in [2.24, 2.45) is 0 Å². The number of rotatable bonds is 2. The Labute approximate surface area is 128 Å². The van der Waals surface area contributed by atoms with E-state index in [0.29, 0.717) is 31.4 Å². The van der Waals surface area contributed by atoms with Gasteiger partial charge in [0.15, 0.2) is 0 Å². The lowest BCUT2D eigenvalue weighted by atomic mass is 10.2. The number of fused-ring (bicyclic) bond motifs is 1. The molecule has 0 aliphatic heterocycles. The molecule has 0 fully saturated rings. The maximum absolute atomic E-state index is 12.3. The van der Waals surface area contributed by atoms with Crippen molar-refractivity contribution < 1.29 is 4.79 Å². The van der Waals surface area contributed by atoms with Crippen LogP contribution in [0.5, 0.6) is 0 Å². The molecule has 0 bridgehead atoms. The minimum atomic E-state index is -0.266. The lowest BCUT2D eigenvalue weighted by molar-refractivity contribution is 0.103. The van der Waals surface area contributed by atoms with Crippen LogP contribution in [0.25, 0.3) is 10.2 Å². The number of aryl methyl sites for hydroxylation is 1. The highest BCUT2D eigenvalue weighted by Gasteiger charge is 2.18. The Hall–Kier alpha value is -2.18. The average molecular weight is 320 g/mol. The van der Waals surface area contributed by atoms with Gasteiger partial charge in [-0.05, 0) is 36.8 Å².